The summed E-state index contributed by atoms with van der Waals surface area (Å²) in [6.07, 6.45) is 4.12. The number of hydrogen-bond donors (Lipinski definition) is 1. The highest BCUT2D eigenvalue weighted by Gasteiger charge is 2.15. The Labute approximate surface area is 115 Å². The van der Waals surface area contributed by atoms with Gasteiger partial charge in [0.15, 0.2) is 0 Å². The van der Waals surface area contributed by atoms with E-state index in [4.69, 9.17) is 5.26 Å². The zero-order valence-corrected chi connectivity index (χ0v) is 11.9. The van der Waals surface area contributed by atoms with Gasteiger partial charge in [0, 0.05) is 13.1 Å². The third kappa shape index (κ3) is 6.19. The smallest absolute Gasteiger partial charge is 0.0991 e. The molecule has 3 nitrogen and oxygen atoms in total. The Bertz CT molecular complexity index is 449. The SMILES string of the molecule is CCN(C/C=C/c1ccc(C#N)cc1)CC(C)(C)O. The van der Waals surface area contributed by atoms with Crippen LogP contribution in [-0.2, 0) is 0 Å². The van der Waals surface area contributed by atoms with Crippen molar-refractivity contribution in [2.24, 2.45) is 0 Å². The molecule has 0 atom stereocenters. The maximum Gasteiger partial charge on any atom is 0.0991 e. The fourth-order valence-corrected chi connectivity index (χ4v) is 1.86. The first kappa shape index (κ1) is 15.4. The summed E-state index contributed by atoms with van der Waals surface area (Å²) in [5, 5.41) is 18.5. The minimum Gasteiger partial charge on any atom is -0.389 e. The molecule has 0 heterocycles. The Morgan fingerprint density at radius 3 is 2.42 bits per heavy atom. The standard InChI is InChI=1S/C16H22N2O/c1-4-18(13-16(2,3)19)11-5-6-14-7-9-15(12-17)10-8-14/h5-10,19H,4,11,13H2,1-3H3/b6-5+. The number of nitrogens with zero attached hydrogens (tertiary/aromatic N) is 2. The van der Waals surface area contributed by atoms with Crippen LogP contribution in [0.25, 0.3) is 6.08 Å². The van der Waals surface area contributed by atoms with Crippen molar-refractivity contribution in [3.63, 3.8) is 0 Å². The van der Waals surface area contributed by atoms with E-state index in [-0.39, 0.29) is 0 Å². The highest BCUT2D eigenvalue weighted by molar-refractivity contribution is 5.51. The lowest BCUT2D eigenvalue weighted by Crippen LogP contribution is -2.38. The molecule has 0 bridgehead atoms. The van der Waals surface area contributed by atoms with Crippen molar-refractivity contribution >= 4 is 6.08 Å². The third-order valence-corrected chi connectivity index (χ3v) is 2.77. The Morgan fingerprint density at radius 2 is 1.95 bits per heavy atom. The molecule has 102 valence electrons. The molecule has 0 saturated heterocycles. The van der Waals surface area contributed by atoms with E-state index in [1.165, 1.54) is 0 Å². The van der Waals surface area contributed by atoms with Crippen molar-refractivity contribution in [1.82, 2.24) is 4.90 Å². The first-order chi connectivity index (χ1) is 8.94. The number of benzene rings is 1. The lowest BCUT2D eigenvalue weighted by Gasteiger charge is -2.26. The predicted molar refractivity (Wildman–Crippen MR) is 78.6 cm³/mol. The average Bonchev–Trinajstić information content (AvgIpc) is 2.37. The predicted octanol–water partition coefficient (Wildman–Crippen LogP) is 2.66. The van der Waals surface area contributed by atoms with Crippen LogP contribution in [0.5, 0.6) is 0 Å². The van der Waals surface area contributed by atoms with Crippen molar-refractivity contribution in [3.8, 4) is 6.07 Å². The van der Waals surface area contributed by atoms with Gasteiger partial charge in [0.05, 0.1) is 17.2 Å². The summed E-state index contributed by atoms with van der Waals surface area (Å²) in [6, 6.07) is 9.59. The summed E-state index contributed by atoms with van der Waals surface area (Å²) in [4.78, 5) is 2.18. The van der Waals surface area contributed by atoms with E-state index in [0.717, 1.165) is 18.7 Å². The van der Waals surface area contributed by atoms with Gasteiger partial charge in [-0.05, 0) is 38.1 Å². The van der Waals surface area contributed by atoms with Crippen LogP contribution < -0.4 is 0 Å². The number of likely N-dealkylation sites (N-methyl/N-ethyl adjacent to an activating group) is 1. The van der Waals surface area contributed by atoms with Gasteiger partial charge in [-0.15, -0.1) is 0 Å². The molecule has 3 heteroatoms. The molecular formula is C16H22N2O. The van der Waals surface area contributed by atoms with E-state index in [0.29, 0.717) is 12.1 Å². The van der Waals surface area contributed by atoms with Crippen LogP contribution in [0.1, 0.15) is 31.9 Å². The van der Waals surface area contributed by atoms with Crippen LogP contribution in [0.15, 0.2) is 30.3 Å². The molecule has 0 aliphatic heterocycles. The monoisotopic (exact) mass is 258 g/mol. The maximum atomic E-state index is 9.80. The largest absolute Gasteiger partial charge is 0.389 e. The van der Waals surface area contributed by atoms with E-state index in [1.54, 1.807) is 0 Å². The Kier molecular flexibility index (Phi) is 5.75. The second-order valence-corrected chi connectivity index (χ2v) is 5.28. The van der Waals surface area contributed by atoms with Crippen LogP contribution >= 0.6 is 0 Å². The minimum absolute atomic E-state index is 0.654. The van der Waals surface area contributed by atoms with Crippen molar-refractivity contribution in [3.05, 3.63) is 41.5 Å². The van der Waals surface area contributed by atoms with Gasteiger partial charge in [0.25, 0.3) is 0 Å². The number of nitriles is 1. The first-order valence-electron chi connectivity index (χ1n) is 6.56. The number of hydrogen-bond acceptors (Lipinski definition) is 3. The molecule has 0 aliphatic rings. The van der Waals surface area contributed by atoms with E-state index in [1.807, 2.05) is 44.2 Å². The van der Waals surface area contributed by atoms with Gasteiger partial charge in [-0.2, -0.15) is 5.26 Å². The average molecular weight is 258 g/mol. The molecule has 0 fully saturated rings. The Morgan fingerprint density at radius 1 is 1.32 bits per heavy atom. The molecule has 0 unspecified atom stereocenters. The van der Waals surface area contributed by atoms with Crippen LogP contribution in [0, 0.1) is 11.3 Å². The lowest BCUT2D eigenvalue weighted by atomic mass is 10.1. The summed E-state index contributed by atoms with van der Waals surface area (Å²) < 4.78 is 0. The first-order valence-corrected chi connectivity index (χ1v) is 6.56. The summed E-state index contributed by atoms with van der Waals surface area (Å²) in [7, 11) is 0. The molecule has 1 rings (SSSR count). The molecule has 1 aromatic rings. The van der Waals surface area contributed by atoms with E-state index < -0.39 is 5.60 Å². The zero-order valence-electron chi connectivity index (χ0n) is 11.9. The van der Waals surface area contributed by atoms with Crippen LogP contribution in [0.2, 0.25) is 0 Å². The van der Waals surface area contributed by atoms with E-state index in [2.05, 4.69) is 24.0 Å². The van der Waals surface area contributed by atoms with E-state index in [9.17, 15) is 5.11 Å². The molecule has 19 heavy (non-hydrogen) atoms. The highest BCUT2D eigenvalue weighted by atomic mass is 16.3. The Balaban J connectivity index is 2.54. The molecule has 0 spiro atoms. The third-order valence-electron chi connectivity index (χ3n) is 2.77. The zero-order chi connectivity index (χ0) is 14.3. The van der Waals surface area contributed by atoms with Gasteiger partial charge in [-0.3, -0.25) is 4.90 Å². The quantitative estimate of drug-likeness (QED) is 0.853. The van der Waals surface area contributed by atoms with Gasteiger partial charge in [0.2, 0.25) is 0 Å². The van der Waals surface area contributed by atoms with Crippen molar-refractivity contribution in [2.45, 2.75) is 26.4 Å². The fourth-order valence-electron chi connectivity index (χ4n) is 1.86. The second-order valence-electron chi connectivity index (χ2n) is 5.28. The van der Waals surface area contributed by atoms with Crippen molar-refractivity contribution in [2.75, 3.05) is 19.6 Å². The Hall–Kier alpha value is -1.63. The van der Waals surface area contributed by atoms with Gasteiger partial charge >= 0.3 is 0 Å². The normalized spacial score (nSPS) is 12.0. The van der Waals surface area contributed by atoms with E-state index >= 15 is 0 Å². The molecule has 1 N–H and O–H groups in total. The van der Waals surface area contributed by atoms with Crippen molar-refractivity contribution < 1.29 is 5.11 Å². The van der Waals surface area contributed by atoms with Crippen LogP contribution in [0.4, 0.5) is 0 Å². The van der Waals surface area contributed by atoms with Crippen LogP contribution in [0.3, 0.4) is 0 Å². The van der Waals surface area contributed by atoms with Gasteiger partial charge < -0.3 is 5.11 Å². The van der Waals surface area contributed by atoms with Crippen molar-refractivity contribution in [1.29, 1.82) is 5.26 Å². The molecule has 0 amide bonds. The van der Waals surface area contributed by atoms with Crippen LogP contribution in [-0.4, -0.2) is 35.2 Å². The second kappa shape index (κ2) is 7.08. The molecule has 0 aliphatic carbocycles. The molecule has 0 radical (unpaired) electrons. The minimum atomic E-state index is -0.668. The summed E-state index contributed by atoms with van der Waals surface area (Å²) in [6.45, 7) is 8.09. The molecule has 0 saturated carbocycles. The molecule has 1 aromatic carbocycles. The molecular weight excluding hydrogens is 236 g/mol. The highest BCUT2D eigenvalue weighted by Crippen LogP contribution is 2.07. The summed E-state index contributed by atoms with van der Waals surface area (Å²) >= 11 is 0. The number of rotatable bonds is 6. The lowest BCUT2D eigenvalue weighted by molar-refractivity contribution is 0.0417. The number of aliphatic hydroxyl groups is 1. The summed E-state index contributed by atoms with van der Waals surface area (Å²) in [5.74, 6) is 0. The van der Waals surface area contributed by atoms with Gasteiger partial charge in [-0.1, -0.05) is 31.2 Å². The fraction of sp³-hybridized carbons (Fsp3) is 0.438. The molecule has 0 aromatic heterocycles. The van der Waals surface area contributed by atoms with Gasteiger partial charge in [-0.25, -0.2) is 0 Å². The topological polar surface area (TPSA) is 47.3 Å². The summed E-state index contributed by atoms with van der Waals surface area (Å²) in [5.41, 5.74) is 1.09. The maximum absolute atomic E-state index is 9.80. The van der Waals surface area contributed by atoms with Gasteiger partial charge in [0.1, 0.15) is 0 Å².